The van der Waals surface area contributed by atoms with Crippen LogP contribution < -0.4 is 5.73 Å². The molecule has 1 aromatic rings. The van der Waals surface area contributed by atoms with Gasteiger partial charge >= 0.3 is 0 Å². The first-order chi connectivity index (χ1) is 8.79. The second kappa shape index (κ2) is 6.87. The average molecular weight is 251 g/mol. The van der Waals surface area contributed by atoms with E-state index in [0.717, 1.165) is 45.1 Å². The number of nitrogens with zero attached hydrogens (tertiary/aromatic N) is 4. The standard InChI is InChI=1S/C13H25N5/c1-13-15-4-8-18(13)12-11-17-6-2-5-16(7-3-14)9-10-17/h4,8H,2-3,5-7,9-12,14H2,1H3. The van der Waals surface area contributed by atoms with E-state index in [0.29, 0.717) is 0 Å². The Labute approximate surface area is 110 Å². The first kappa shape index (κ1) is 13.5. The van der Waals surface area contributed by atoms with Crippen LogP contribution in [0, 0.1) is 6.92 Å². The van der Waals surface area contributed by atoms with Crippen molar-refractivity contribution >= 4 is 0 Å². The lowest BCUT2D eigenvalue weighted by Crippen LogP contribution is -2.34. The molecule has 2 rings (SSSR count). The Balaban J connectivity index is 1.75. The number of rotatable bonds is 5. The molecule has 5 heteroatoms. The van der Waals surface area contributed by atoms with Gasteiger partial charge < -0.3 is 20.1 Å². The van der Waals surface area contributed by atoms with Gasteiger partial charge in [-0.25, -0.2) is 4.98 Å². The molecular weight excluding hydrogens is 226 g/mol. The average Bonchev–Trinajstić information content (AvgIpc) is 2.63. The van der Waals surface area contributed by atoms with Crippen LogP contribution in [0.3, 0.4) is 0 Å². The molecule has 1 aliphatic rings. The molecule has 0 spiro atoms. The Morgan fingerprint density at radius 1 is 1.11 bits per heavy atom. The lowest BCUT2D eigenvalue weighted by atomic mass is 10.3. The fourth-order valence-electron chi connectivity index (χ4n) is 2.54. The highest BCUT2D eigenvalue weighted by molar-refractivity contribution is 4.88. The fraction of sp³-hybridized carbons (Fsp3) is 0.769. The highest BCUT2D eigenvalue weighted by atomic mass is 15.2. The van der Waals surface area contributed by atoms with Crippen LogP contribution in [-0.4, -0.2) is 65.2 Å². The maximum atomic E-state index is 5.62. The lowest BCUT2D eigenvalue weighted by molar-refractivity contribution is 0.253. The van der Waals surface area contributed by atoms with E-state index in [4.69, 9.17) is 5.73 Å². The minimum absolute atomic E-state index is 0.772. The summed E-state index contributed by atoms with van der Waals surface area (Å²) in [6, 6.07) is 0. The van der Waals surface area contributed by atoms with Gasteiger partial charge in [0, 0.05) is 51.7 Å². The minimum Gasteiger partial charge on any atom is -0.334 e. The fourth-order valence-corrected chi connectivity index (χ4v) is 2.54. The number of aryl methyl sites for hydroxylation is 1. The number of aromatic nitrogens is 2. The molecule has 0 amide bonds. The smallest absolute Gasteiger partial charge is 0.105 e. The monoisotopic (exact) mass is 251 g/mol. The van der Waals surface area contributed by atoms with E-state index >= 15 is 0 Å². The summed E-state index contributed by atoms with van der Waals surface area (Å²) >= 11 is 0. The zero-order chi connectivity index (χ0) is 12.8. The topological polar surface area (TPSA) is 50.3 Å². The molecule has 1 saturated heterocycles. The lowest BCUT2D eigenvalue weighted by Gasteiger charge is -2.21. The molecule has 5 nitrogen and oxygen atoms in total. The molecule has 0 bridgehead atoms. The molecule has 0 aromatic carbocycles. The molecule has 1 fully saturated rings. The number of hydrogen-bond acceptors (Lipinski definition) is 4. The molecule has 18 heavy (non-hydrogen) atoms. The molecule has 102 valence electrons. The summed E-state index contributed by atoms with van der Waals surface area (Å²) in [5.41, 5.74) is 5.62. The largest absolute Gasteiger partial charge is 0.334 e. The van der Waals surface area contributed by atoms with Gasteiger partial charge in [0.15, 0.2) is 0 Å². The maximum Gasteiger partial charge on any atom is 0.105 e. The molecule has 0 unspecified atom stereocenters. The van der Waals surface area contributed by atoms with E-state index in [1.165, 1.54) is 19.5 Å². The van der Waals surface area contributed by atoms with E-state index in [1.54, 1.807) is 0 Å². The third-order valence-electron chi connectivity index (χ3n) is 3.71. The van der Waals surface area contributed by atoms with Crippen molar-refractivity contribution in [3.8, 4) is 0 Å². The van der Waals surface area contributed by atoms with E-state index in [9.17, 15) is 0 Å². The van der Waals surface area contributed by atoms with Crippen molar-refractivity contribution in [1.29, 1.82) is 0 Å². The normalized spacial score (nSPS) is 19.0. The van der Waals surface area contributed by atoms with Crippen molar-refractivity contribution in [2.24, 2.45) is 5.73 Å². The van der Waals surface area contributed by atoms with Crippen LogP contribution >= 0.6 is 0 Å². The third kappa shape index (κ3) is 3.80. The van der Waals surface area contributed by atoms with Crippen molar-refractivity contribution in [2.45, 2.75) is 19.9 Å². The predicted octanol–water partition coefficient (Wildman–Crippen LogP) is 0.158. The predicted molar refractivity (Wildman–Crippen MR) is 73.5 cm³/mol. The Morgan fingerprint density at radius 3 is 2.44 bits per heavy atom. The first-order valence-electron chi connectivity index (χ1n) is 6.92. The summed E-state index contributed by atoms with van der Waals surface area (Å²) in [6.07, 6.45) is 5.19. The third-order valence-corrected chi connectivity index (χ3v) is 3.71. The number of imidazole rings is 1. The molecule has 2 heterocycles. The SMILES string of the molecule is Cc1nccn1CCN1CCCN(CCN)CC1. The van der Waals surface area contributed by atoms with Crippen LogP contribution in [0.5, 0.6) is 0 Å². The van der Waals surface area contributed by atoms with Crippen molar-refractivity contribution in [1.82, 2.24) is 19.4 Å². The Morgan fingerprint density at radius 2 is 1.83 bits per heavy atom. The molecule has 0 radical (unpaired) electrons. The maximum absolute atomic E-state index is 5.62. The first-order valence-corrected chi connectivity index (χ1v) is 6.92. The Kier molecular flexibility index (Phi) is 5.16. The molecule has 0 saturated carbocycles. The second-order valence-electron chi connectivity index (χ2n) is 4.99. The quantitative estimate of drug-likeness (QED) is 0.810. The molecular formula is C13H25N5. The minimum atomic E-state index is 0.772. The summed E-state index contributed by atoms with van der Waals surface area (Å²) in [5.74, 6) is 1.11. The van der Waals surface area contributed by atoms with Crippen molar-refractivity contribution in [3.05, 3.63) is 18.2 Å². The summed E-state index contributed by atoms with van der Waals surface area (Å²) < 4.78 is 2.22. The van der Waals surface area contributed by atoms with Crippen LogP contribution in [0.2, 0.25) is 0 Å². The van der Waals surface area contributed by atoms with Crippen molar-refractivity contribution < 1.29 is 0 Å². The zero-order valence-electron chi connectivity index (χ0n) is 11.4. The summed E-state index contributed by atoms with van der Waals surface area (Å²) in [7, 11) is 0. The molecule has 1 aliphatic heterocycles. The van der Waals surface area contributed by atoms with E-state index in [2.05, 4.69) is 32.5 Å². The molecule has 0 aliphatic carbocycles. The Hall–Kier alpha value is -0.910. The van der Waals surface area contributed by atoms with E-state index in [1.807, 2.05) is 6.20 Å². The summed E-state index contributed by atoms with van der Waals surface area (Å²) in [6.45, 7) is 10.7. The van der Waals surface area contributed by atoms with Crippen molar-refractivity contribution in [2.75, 3.05) is 45.8 Å². The van der Waals surface area contributed by atoms with Gasteiger partial charge in [-0.05, 0) is 26.4 Å². The van der Waals surface area contributed by atoms with Gasteiger partial charge in [-0.3, -0.25) is 0 Å². The van der Waals surface area contributed by atoms with Gasteiger partial charge in [0.25, 0.3) is 0 Å². The Bertz CT molecular complexity index is 349. The van der Waals surface area contributed by atoms with Crippen LogP contribution in [0.15, 0.2) is 12.4 Å². The summed E-state index contributed by atoms with van der Waals surface area (Å²) in [4.78, 5) is 9.28. The molecule has 0 atom stereocenters. The van der Waals surface area contributed by atoms with Gasteiger partial charge in [0.05, 0.1) is 0 Å². The van der Waals surface area contributed by atoms with Gasteiger partial charge in [-0.1, -0.05) is 0 Å². The second-order valence-corrected chi connectivity index (χ2v) is 4.99. The van der Waals surface area contributed by atoms with Crippen LogP contribution in [-0.2, 0) is 6.54 Å². The number of nitrogens with two attached hydrogens (primary N) is 1. The zero-order valence-corrected chi connectivity index (χ0v) is 11.4. The van der Waals surface area contributed by atoms with E-state index in [-0.39, 0.29) is 0 Å². The highest BCUT2D eigenvalue weighted by Gasteiger charge is 2.13. The highest BCUT2D eigenvalue weighted by Crippen LogP contribution is 2.04. The van der Waals surface area contributed by atoms with Crippen molar-refractivity contribution in [3.63, 3.8) is 0 Å². The number of hydrogen-bond donors (Lipinski definition) is 1. The van der Waals surface area contributed by atoms with Gasteiger partial charge in [-0.2, -0.15) is 0 Å². The van der Waals surface area contributed by atoms with Gasteiger partial charge in [0.2, 0.25) is 0 Å². The van der Waals surface area contributed by atoms with Gasteiger partial charge in [0.1, 0.15) is 5.82 Å². The van der Waals surface area contributed by atoms with Crippen LogP contribution in [0.1, 0.15) is 12.2 Å². The molecule has 2 N–H and O–H groups in total. The van der Waals surface area contributed by atoms with Gasteiger partial charge in [-0.15, -0.1) is 0 Å². The van der Waals surface area contributed by atoms with Crippen LogP contribution in [0.4, 0.5) is 0 Å². The summed E-state index contributed by atoms with van der Waals surface area (Å²) in [5, 5.41) is 0. The molecule has 1 aromatic heterocycles. The van der Waals surface area contributed by atoms with E-state index < -0.39 is 0 Å². The van der Waals surface area contributed by atoms with Crippen LogP contribution in [0.25, 0.3) is 0 Å².